The topological polar surface area (TPSA) is 83.8 Å². The third-order valence-corrected chi connectivity index (χ3v) is 3.92. The van der Waals surface area contributed by atoms with Gasteiger partial charge in [-0.25, -0.2) is 9.97 Å². The lowest BCUT2D eigenvalue weighted by Crippen LogP contribution is -2.42. The van der Waals surface area contributed by atoms with Gasteiger partial charge >= 0.3 is 0 Å². The Labute approximate surface area is 134 Å². The molecule has 0 saturated heterocycles. The Morgan fingerprint density at radius 2 is 1.74 bits per heavy atom. The van der Waals surface area contributed by atoms with E-state index in [9.17, 15) is 5.11 Å². The lowest BCUT2D eigenvalue weighted by molar-refractivity contribution is 0.133. The zero-order valence-electron chi connectivity index (χ0n) is 13.4. The first-order chi connectivity index (χ1) is 11.0. The molecule has 0 aromatic carbocycles. The van der Waals surface area contributed by atoms with Crippen LogP contribution in [-0.2, 0) is 0 Å². The molecule has 118 valence electrons. The molecule has 6 nitrogen and oxygen atoms in total. The minimum absolute atomic E-state index is 0.528. The maximum absolute atomic E-state index is 9.97. The maximum Gasteiger partial charge on any atom is 0.162 e. The molecule has 0 saturated carbocycles. The number of nitrogens with zero attached hydrogens (tertiary/aromatic N) is 4. The van der Waals surface area contributed by atoms with Crippen LogP contribution in [0.25, 0.3) is 22.3 Å². The molecular formula is C17H19N5O. The highest BCUT2D eigenvalue weighted by molar-refractivity contribution is 5.90. The number of aromatic nitrogens is 4. The van der Waals surface area contributed by atoms with Crippen LogP contribution in [0.2, 0.25) is 0 Å². The number of anilines is 1. The molecule has 1 unspecified atom stereocenters. The number of hydrogen-bond acceptors (Lipinski definition) is 6. The molecule has 0 fully saturated rings. The summed E-state index contributed by atoms with van der Waals surface area (Å²) in [5.74, 6) is 1.27. The van der Waals surface area contributed by atoms with Crippen molar-refractivity contribution in [2.24, 2.45) is 0 Å². The Morgan fingerprint density at radius 1 is 1.04 bits per heavy atom. The van der Waals surface area contributed by atoms with E-state index in [1.807, 2.05) is 32.0 Å². The van der Waals surface area contributed by atoms with Crippen molar-refractivity contribution in [1.82, 2.24) is 19.9 Å². The van der Waals surface area contributed by atoms with Gasteiger partial charge in [-0.2, -0.15) is 0 Å². The predicted molar refractivity (Wildman–Crippen MR) is 89.9 cm³/mol. The Kier molecular flexibility index (Phi) is 3.92. The molecule has 3 aromatic rings. The molecule has 3 rings (SSSR count). The summed E-state index contributed by atoms with van der Waals surface area (Å²) in [6.07, 6.45) is 6.29. The van der Waals surface area contributed by atoms with Crippen molar-refractivity contribution in [3.63, 3.8) is 0 Å². The van der Waals surface area contributed by atoms with Crippen LogP contribution in [0.4, 0.5) is 5.82 Å². The number of fused-ring (bicyclic) bond motifs is 1. The summed E-state index contributed by atoms with van der Waals surface area (Å²) < 4.78 is 0. The number of aliphatic hydroxyl groups excluding tert-OH is 1. The average Bonchev–Trinajstić information content (AvgIpc) is 2.55. The van der Waals surface area contributed by atoms with E-state index < -0.39 is 11.6 Å². The fraction of sp³-hybridized carbons (Fsp3) is 0.294. The summed E-state index contributed by atoms with van der Waals surface area (Å²) in [5.41, 5.74) is 1.10. The van der Waals surface area contributed by atoms with Crippen molar-refractivity contribution in [3.8, 4) is 11.4 Å². The van der Waals surface area contributed by atoms with Crippen molar-refractivity contribution in [2.45, 2.75) is 32.4 Å². The summed E-state index contributed by atoms with van der Waals surface area (Å²) >= 11 is 0. The monoisotopic (exact) mass is 309 g/mol. The molecule has 23 heavy (non-hydrogen) atoms. The summed E-state index contributed by atoms with van der Waals surface area (Å²) in [7, 11) is 0. The zero-order chi connectivity index (χ0) is 16.4. The van der Waals surface area contributed by atoms with E-state index in [1.165, 1.54) is 0 Å². The van der Waals surface area contributed by atoms with Gasteiger partial charge in [0, 0.05) is 29.5 Å². The van der Waals surface area contributed by atoms with E-state index in [4.69, 9.17) is 0 Å². The Hall–Kier alpha value is -2.60. The van der Waals surface area contributed by atoms with E-state index >= 15 is 0 Å². The molecule has 3 heterocycles. The highest BCUT2D eigenvalue weighted by Gasteiger charge is 2.25. The third-order valence-electron chi connectivity index (χ3n) is 3.92. The first kappa shape index (κ1) is 15.3. The smallest absolute Gasteiger partial charge is 0.162 e. The minimum Gasteiger partial charge on any atom is -0.391 e. The molecule has 0 aliphatic rings. The SMILES string of the molecule is CC(O)C(C)(C)Nc1nc(-c2ccncc2)nc2cnccc12. The number of nitrogens with one attached hydrogen (secondary N) is 1. The second-order valence-corrected chi connectivity index (χ2v) is 6.05. The van der Waals surface area contributed by atoms with Crippen molar-refractivity contribution >= 4 is 16.7 Å². The summed E-state index contributed by atoms with van der Waals surface area (Å²) in [5, 5.41) is 14.2. The largest absolute Gasteiger partial charge is 0.391 e. The third kappa shape index (κ3) is 3.12. The van der Waals surface area contributed by atoms with Crippen molar-refractivity contribution < 1.29 is 5.11 Å². The number of pyridine rings is 2. The summed E-state index contributed by atoms with van der Waals surface area (Å²) in [4.78, 5) is 17.4. The average molecular weight is 309 g/mol. The molecule has 0 amide bonds. The molecule has 0 aliphatic carbocycles. The molecule has 1 atom stereocenters. The molecule has 6 heteroatoms. The zero-order valence-corrected chi connectivity index (χ0v) is 13.4. The number of rotatable bonds is 4. The van der Waals surface area contributed by atoms with Crippen LogP contribution in [0.15, 0.2) is 43.0 Å². The Morgan fingerprint density at radius 3 is 2.43 bits per heavy atom. The van der Waals surface area contributed by atoms with Gasteiger partial charge in [-0.05, 0) is 39.0 Å². The molecule has 3 aromatic heterocycles. The molecule has 0 radical (unpaired) electrons. The Bertz CT molecular complexity index is 818. The van der Waals surface area contributed by atoms with Crippen molar-refractivity contribution in [2.75, 3.05) is 5.32 Å². The van der Waals surface area contributed by atoms with Crippen LogP contribution in [0, 0.1) is 0 Å². The Balaban J connectivity index is 2.15. The van der Waals surface area contributed by atoms with Crippen LogP contribution in [0.1, 0.15) is 20.8 Å². The lowest BCUT2D eigenvalue weighted by Gasteiger charge is -2.30. The maximum atomic E-state index is 9.97. The fourth-order valence-corrected chi connectivity index (χ4v) is 2.12. The van der Waals surface area contributed by atoms with Gasteiger partial charge in [0.15, 0.2) is 5.82 Å². The second-order valence-electron chi connectivity index (χ2n) is 6.05. The van der Waals surface area contributed by atoms with Crippen LogP contribution < -0.4 is 5.32 Å². The number of hydrogen-bond donors (Lipinski definition) is 2. The van der Waals surface area contributed by atoms with Gasteiger partial charge in [0.2, 0.25) is 0 Å². The first-order valence-corrected chi connectivity index (χ1v) is 7.46. The highest BCUT2D eigenvalue weighted by atomic mass is 16.3. The highest BCUT2D eigenvalue weighted by Crippen LogP contribution is 2.27. The lowest BCUT2D eigenvalue weighted by atomic mass is 9.98. The van der Waals surface area contributed by atoms with E-state index in [1.54, 1.807) is 31.7 Å². The van der Waals surface area contributed by atoms with Crippen LogP contribution in [0.3, 0.4) is 0 Å². The molecule has 0 aliphatic heterocycles. The molecule has 0 spiro atoms. The summed E-state index contributed by atoms with van der Waals surface area (Å²) in [6.45, 7) is 5.61. The molecular weight excluding hydrogens is 290 g/mol. The van der Waals surface area contributed by atoms with Gasteiger partial charge in [0.05, 0.1) is 23.4 Å². The first-order valence-electron chi connectivity index (χ1n) is 7.46. The molecule has 2 N–H and O–H groups in total. The van der Waals surface area contributed by atoms with E-state index in [0.717, 1.165) is 16.5 Å². The standard InChI is InChI=1S/C17H19N5O/c1-11(23)17(2,3)22-16-13-6-9-19-10-14(13)20-15(21-16)12-4-7-18-8-5-12/h4-11,23H,1-3H3,(H,20,21,22). The number of aliphatic hydroxyl groups is 1. The van der Waals surface area contributed by atoms with Gasteiger partial charge in [0.1, 0.15) is 5.82 Å². The van der Waals surface area contributed by atoms with Gasteiger partial charge in [0.25, 0.3) is 0 Å². The van der Waals surface area contributed by atoms with Gasteiger partial charge in [-0.3, -0.25) is 9.97 Å². The fourth-order valence-electron chi connectivity index (χ4n) is 2.12. The minimum atomic E-state index is -0.543. The van der Waals surface area contributed by atoms with Crippen molar-refractivity contribution in [1.29, 1.82) is 0 Å². The quantitative estimate of drug-likeness (QED) is 0.771. The van der Waals surface area contributed by atoms with Crippen LogP contribution in [0.5, 0.6) is 0 Å². The van der Waals surface area contributed by atoms with Crippen LogP contribution in [-0.4, -0.2) is 36.7 Å². The normalized spacial score (nSPS) is 13.0. The van der Waals surface area contributed by atoms with E-state index in [2.05, 4.69) is 25.3 Å². The predicted octanol–water partition coefficient (Wildman–Crippen LogP) is 2.66. The van der Waals surface area contributed by atoms with Crippen molar-refractivity contribution in [3.05, 3.63) is 43.0 Å². The molecule has 0 bridgehead atoms. The van der Waals surface area contributed by atoms with Gasteiger partial charge < -0.3 is 10.4 Å². The van der Waals surface area contributed by atoms with E-state index in [0.29, 0.717) is 11.6 Å². The summed E-state index contributed by atoms with van der Waals surface area (Å²) in [6, 6.07) is 5.59. The van der Waals surface area contributed by atoms with Gasteiger partial charge in [-0.1, -0.05) is 0 Å². The van der Waals surface area contributed by atoms with Crippen LogP contribution >= 0.6 is 0 Å². The van der Waals surface area contributed by atoms with E-state index in [-0.39, 0.29) is 0 Å². The van der Waals surface area contributed by atoms with Gasteiger partial charge in [-0.15, -0.1) is 0 Å². The second kappa shape index (κ2) is 5.89.